The average Bonchev–Trinajstić information content (AvgIpc) is 3.41. The molecule has 2 amide bonds. The Bertz CT molecular complexity index is 1100. The topological polar surface area (TPSA) is 198 Å². The first-order valence-electron chi connectivity index (χ1n) is 13.9. The van der Waals surface area contributed by atoms with Gasteiger partial charge < -0.3 is 54.8 Å². The summed E-state index contributed by atoms with van der Waals surface area (Å²) in [7, 11) is -1.41. The number of nitrogens with zero attached hydrogens (tertiary/aromatic N) is 1. The molecule has 1 unspecified atom stereocenters. The Kier molecular flexibility index (Phi) is 9.78. The number of amides is 2. The van der Waals surface area contributed by atoms with Gasteiger partial charge in [0.15, 0.2) is 20.7 Å². The number of hydrogen-bond donors (Lipinski definition) is 7. The van der Waals surface area contributed by atoms with Crippen molar-refractivity contribution in [2.45, 2.75) is 93.8 Å². The maximum absolute atomic E-state index is 13.3. The van der Waals surface area contributed by atoms with Crippen molar-refractivity contribution in [3.8, 4) is 5.75 Å². The molecule has 1 aromatic rings. The van der Waals surface area contributed by atoms with Crippen LogP contribution >= 0.6 is 0 Å². The molecule has 7 N–H and O–H groups in total. The number of aliphatic hydroxyl groups is 5. The number of fused-ring (bicyclic) bond motifs is 1. The largest absolute Gasteiger partial charge is 0.490 e. The van der Waals surface area contributed by atoms with E-state index in [9.17, 15) is 39.9 Å². The van der Waals surface area contributed by atoms with Crippen molar-refractivity contribution >= 4 is 25.8 Å². The predicted molar refractivity (Wildman–Crippen MR) is 147 cm³/mol. The standard InChI is InChI=1S/C27H42N2O11Si/c1-13-23(38-2)16-10-14(28-26(35)25-21(33)20(32)22(34)27(36)40-25)7-8-17(16)39-24(13)18(41(3,4)37)11-19(31)29-9-5-6-15(29)12-30/h7-8,10,13,15,18,20-25,27,30,32-34,36-37H,5-6,9,11-12H2,1-4H3,(H,28,35)/t13-,15+,18?,20+,21+,22-,23-,24-,25+,27-/m1/s1. The first-order chi connectivity index (χ1) is 19.3. The molecule has 0 aliphatic carbocycles. The highest BCUT2D eigenvalue weighted by Gasteiger charge is 2.49. The van der Waals surface area contributed by atoms with Crippen molar-refractivity contribution in [2.75, 3.05) is 25.6 Å². The zero-order valence-corrected chi connectivity index (χ0v) is 24.7. The molecule has 0 aromatic heterocycles. The quantitative estimate of drug-likeness (QED) is 0.190. The van der Waals surface area contributed by atoms with Crippen LogP contribution in [0.4, 0.5) is 5.69 Å². The minimum atomic E-state index is -2.94. The lowest BCUT2D eigenvalue weighted by atomic mass is 9.86. The van der Waals surface area contributed by atoms with E-state index in [1.54, 1.807) is 36.2 Å². The molecule has 13 nitrogen and oxygen atoms in total. The predicted octanol–water partition coefficient (Wildman–Crippen LogP) is -0.549. The fourth-order valence-corrected chi connectivity index (χ4v) is 8.02. The lowest BCUT2D eigenvalue weighted by Crippen LogP contribution is -2.60. The van der Waals surface area contributed by atoms with Gasteiger partial charge in [0.25, 0.3) is 5.91 Å². The lowest BCUT2D eigenvalue weighted by molar-refractivity contribution is -0.274. The molecule has 0 bridgehead atoms. The van der Waals surface area contributed by atoms with E-state index in [-0.39, 0.29) is 30.9 Å². The first kappa shape index (κ1) is 31.8. The van der Waals surface area contributed by atoms with Gasteiger partial charge in [-0.2, -0.15) is 0 Å². The molecule has 3 aliphatic rings. The number of nitrogens with one attached hydrogen (secondary N) is 1. The van der Waals surface area contributed by atoms with E-state index < -0.39 is 62.7 Å². The van der Waals surface area contributed by atoms with Crippen LogP contribution in [0.3, 0.4) is 0 Å². The van der Waals surface area contributed by atoms with Gasteiger partial charge >= 0.3 is 0 Å². The van der Waals surface area contributed by atoms with E-state index >= 15 is 0 Å². The summed E-state index contributed by atoms with van der Waals surface area (Å²) in [6, 6.07) is 4.62. The molecule has 1 aromatic carbocycles. The number of anilines is 1. The van der Waals surface area contributed by atoms with Gasteiger partial charge in [0.2, 0.25) is 5.91 Å². The van der Waals surface area contributed by atoms with Gasteiger partial charge in [-0.15, -0.1) is 0 Å². The zero-order chi connectivity index (χ0) is 30.2. The van der Waals surface area contributed by atoms with Gasteiger partial charge in [-0.1, -0.05) is 6.92 Å². The molecular weight excluding hydrogens is 556 g/mol. The Balaban J connectivity index is 1.54. The molecule has 3 heterocycles. The summed E-state index contributed by atoms with van der Waals surface area (Å²) in [5.41, 5.74) is 0.467. The molecular formula is C27H42N2O11Si. The van der Waals surface area contributed by atoms with Crippen LogP contribution in [0.2, 0.25) is 18.6 Å². The number of carbonyl (C=O) groups is 2. The van der Waals surface area contributed by atoms with Crippen LogP contribution in [-0.4, -0.2) is 118 Å². The summed E-state index contributed by atoms with van der Waals surface area (Å²) in [5.74, 6) is -0.790. The van der Waals surface area contributed by atoms with Crippen LogP contribution in [0.25, 0.3) is 0 Å². The Labute approximate surface area is 239 Å². The van der Waals surface area contributed by atoms with Crippen LogP contribution in [0.15, 0.2) is 18.2 Å². The molecule has 41 heavy (non-hydrogen) atoms. The Morgan fingerprint density at radius 2 is 1.88 bits per heavy atom. The van der Waals surface area contributed by atoms with E-state index in [1.807, 2.05) is 6.92 Å². The van der Waals surface area contributed by atoms with Crippen LogP contribution in [0.1, 0.15) is 37.9 Å². The number of rotatable bonds is 8. The summed E-state index contributed by atoms with van der Waals surface area (Å²) in [6.07, 6.45) is -8.19. The Hall–Kier alpha value is -2.14. The summed E-state index contributed by atoms with van der Waals surface area (Å²) in [6.45, 7) is 5.94. The fourth-order valence-electron chi connectivity index (χ4n) is 6.17. The highest BCUT2D eigenvalue weighted by atomic mass is 28.4. The van der Waals surface area contributed by atoms with Crippen molar-refractivity contribution < 1.29 is 54.1 Å². The van der Waals surface area contributed by atoms with Crippen molar-refractivity contribution in [1.29, 1.82) is 0 Å². The number of likely N-dealkylation sites (tertiary alicyclic amines) is 1. The van der Waals surface area contributed by atoms with Gasteiger partial charge in [-0.25, -0.2) is 0 Å². The third-order valence-electron chi connectivity index (χ3n) is 8.55. The van der Waals surface area contributed by atoms with Crippen molar-refractivity contribution in [3.63, 3.8) is 0 Å². The minimum absolute atomic E-state index is 0.0806. The van der Waals surface area contributed by atoms with Gasteiger partial charge in [0.05, 0.1) is 18.8 Å². The highest BCUT2D eigenvalue weighted by Crippen LogP contribution is 2.47. The van der Waals surface area contributed by atoms with Crippen LogP contribution in [-0.2, 0) is 19.1 Å². The summed E-state index contributed by atoms with van der Waals surface area (Å²) >= 11 is 0. The fraction of sp³-hybridized carbons (Fsp3) is 0.704. The van der Waals surface area contributed by atoms with E-state index in [0.717, 1.165) is 12.8 Å². The second-order valence-electron chi connectivity index (χ2n) is 11.8. The van der Waals surface area contributed by atoms with E-state index in [2.05, 4.69) is 5.32 Å². The van der Waals surface area contributed by atoms with Crippen molar-refractivity contribution in [2.24, 2.45) is 5.92 Å². The molecule has 10 atom stereocenters. The number of hydrogen-bond acceptors (Lipinski definition) is 11. The molecule has 14 heteroatoms. The summed E-state index contributed by atoms with van der Waals surface area (Å²) in [5, 5.41) is 51.8. The second kappa shape index (κ2) is 12.6. The van der Waals surface area contributed by atoms with Crippen molar-refractivity contribution in [3.05, 3.63) is 23.8 Å². The number of carbonyl (C=O) groups excluding carboxylic acids is 2. The third kappa shape index (κ3) is 6.45. The number of methoxy groups -OCH3 is 1. The third-order valence-corrected chi connectivity index (χ3v) is 10.9. The van der Waals surface area contributed by atoms with Crippen LogP contribution < -0.4 is 10.1 Å². The maximum atomic E-state index is 13.3. The van der Waals surface area contributed by atoms with Gasteiger partial charge in [-0.05, 0) is 44.1 Å². The van der Waals surface area contributed by atoms with Gasteiger partial charge in [0.1, 0.15) is 30.2 Å². The molecule has 3 aliphatic heterocycles. The minimum Gasteiger partial charge on any atom is -0.490 e. The zero-order valence-electron chi connectivity index (χ0n) is 23.7. The average molecular weight is 599 g/mol. The first-order valence-corrected chi connectivity index (χ1v) is 17.0. The Morgan fingerprint density at radius 1 is 1.17 bits per heavy atom. The highest BCUT2D eigenvalue weighted by molar-refractivity contribution is 6.71. The molecule has 0 spiro atoms. The molecule has 2 fully saturated rings. The summed E-state index contributed by atoms with van der Waals surface area (Å²) in [4.78, 5) is 39.1. The molecule has 0 radical (unpaired) electrons. The lowest BCUT2D eigenvalue weighted by Gasteiger charge is -2.44. The van der Waals surface area contributed by atoms with Crippen LogP contribution in [0, 0.1) is 5.92 Å². The molecule has 2 saturated heterocycles. The van der Waals surface area contributed by atoms with Gasteiger partial charge in [0, 0.05) is 42.8 Å². The second-order valence-corrected chi connectivity index (χ2v) is 15.8. The van der Waals surface area contributed by atoms with E-state index in [4.69, 9.17) is 14.2 Å². The molecule has 230 valence electrons. The summed E-state index contributed by atoms with van der Waals surface area (Å²) < 4.78 is 17.3. The van der Waals surface area contributed by atoms with E-state index in [0.29, 0.717) is 23.5 Å². The monoisotopic (exact) mass is 598 g/mol. The SMILES string of the molecule is CO[C@H]1c2cc(NC(=O)[C@H]3O[C@@H](O)[C@H](O)[C@@H](O)[C@@H]3O)ccc2O[C@@H](C(CC(=O)N2CCC[C@H]2CO)[Si](C)(C)O)[C@@H]1C. The normalized spacial score (nSPS) is 34.5. The number of benzene rings is 1. The number of ether oxygens (including phenoxy) is 3. The van der Waals surface area contributed by atoms with Crippen LogP contribution in [0.5, 0.6) is 5.75 Å². The van der Waals surface area contributed by atoms with Crippen molar-refractivity contribution in [1.82, 2.24) is 4.90 Å². The molecule has 0 saturated carbocycles. The smallest absolute Gasteiger partial charge is 0.256 e. The Morgan fingerprint density at radius 3 is 2.51 bits per heavy atom. The number of aliphatic hydroxyl groups excluding tert-OH is 5. The molecule has 4 rings (SSSR count). The maximum Gasteiger partial charge on any atom is 0.256 e. The van der Waals surface area contributed by atoms with Gasteiger partial charge in [-0.3, -0.25) is 9.59 Å². The van der Waals surface area contributed by atoms with E-state index in [1.165, 1.54) is 7.11 Å².